The molecule has 1 aliphatic rings. The number of benzene rings is 1. The second-order valence-electron chi connectivity index (χ2n) is 9.17. The predicted molar refractivity (Wildman–Crippen MR) is 136 cm³/mol. The van der Waals surface area contributed by atoms with Crippen molar-refractivity contribution >= 4 is 34.8 Å². The van der Waals surface area contributed by atoms with Crippen molar-refractivity contribution in [3.8, 4) is 17.0 Å². The van der Waals surface area contributed by atoms with Crippen LogP contribution in [-0.2, 0) is 54.3 Å². The normalized spacial score (nSPS) is 21.9. The summed E-state index contributed by atoms with van der Waals surface area (Å²) in [6, 6.07) is 5.48. The molecule has 4 rings (SSSR count). The Hall–Kier alpha value is -4.83. The molecule has 0 saturated carbocycles. The van der Waals surface area contributed by atoms with Crippen LogP contribution in [0.5, 0.6) is 5.75 Å². The first-order chi connectivity index (χ1) is 19.9. The van der Waals surface area contributed by atoms with E-state index in [0.717, 1.165) is 27.7 Å². The Morgan fingerprint density at radius 1 is 0.929 bits per heavy atom. The summed E-state index contributed by atoms with van der Waals surface area (Å²) in [6.45, 7) is 3.73. The number of hydrogen-bond acceptors (Lipinski definition) is 15. The average Bonchev–Trinajstić information content (AvgIpc) is 3.36. The smallest absolute Gasteiger partial charge is 0.336 e. The van der Waals surface area contributed by atoms with Gasteiger partial charge in [0.1, 0.15) is 36.5 Å². The quantitative estimate of drug-likeness (QED) is 0.208. The van der Waals surface area contributed by atoms with E-state index in [9.17, 15) is 29.1 Å². The molecule has 0 bridgehead atoms. The molecule has 0 aliphatic carbocycles. The van der Waals surface area contributed by atoms with Crippen molar-refractivity contribution in [1.82, 2.24) is 15.0 Å². The van der Waals surface area contributed by atoms with Crippen LogP contribution in [0.15, 0.2) is 39.7 Å². The summed E-state index contributed by atoms with van der Waals surface area (Å²) in [5, 5.41) is 18.3. The highest BCUT2D eigenvalue weighted by molar-refractivity contribution is 5.92. The summed E-state index contributed by atoms with van der Waals surface area (Å²) < 4.78 is 39.2. The van der Waals surface area contributed by atoms with E-state index in [-0.39, 0.29) is 23.8 Å². The van der Waals surface area contributed by atoms with Gasteiger partial charge in [0.2, 0.25) is 6.29 Å². The molecule has 0 radical (unpaired) electrons. The average molecular weight is 590 g/mol. The number of carbonyl (C=O) groups excluding carboxylic acids is 4. The van der Waals surface area contributed by atoms with Crippen molar-refractivity contribution in [3.63, 3.8) is 0 Å². The minimum Gasteiger partial charge on any atom is -0.508 e. The number of phenolic OH excluding ortho intramolecular Hbond substituents is 1. The lowest BCUT2D eigenvalue weighted by Crippen LogP contribution is -2.63. The van der Waals surface area contributed by atoms with Crippen LogP contribution in [0.2, 0.25) is 0 Å². The van der Waals surface area contributed by atoms with Crippen LogP contribution in [0, 0.1) is 0 Å². The van der Waals surface area contributed by atoms with E-state index < -0.39 is 66.8 Å². The zero-order chi connectivity index (χ0) is 30.6. The van der Waals surface area contributed by atoms with Gasteiger partial charge in [0, 0.05) is 50.8 Å². The van der Waals surface area contributed by atoms with Gasteiger partial charge in [0.25, 0.3) is 0 Å². The fraction of sp³-hybridized carbons (Fsp3) is 0.423. The molecule has 3 aromatic rings. The standard InChI is InChI=1S/C26H27N3O13/c1-12(30)36-10-21-23(38-13(2)31)24(39-14(3)32)25(40-15(4)33)26(42-21)37-11-29-9-19(27-28-29)18-8-22(35)41-20-7-16(34)5-6-17(18)20/h5-9,21,23-26,34H,10-11H2,1-4H3/t21-,23-,24+,25-,26-/m1/s1. The van der Waals surface area contributed by atoms with Crippen molar-refractivity contribution in [2.75, 3.05) is 6.61 Å². The first-order valence-corrected chi connectivity index (χ1v) is 12.5. The maximum absolute atomic E-state index is 12.1. The third-order valence-electron chi connectivity index (χ3n) is 5.86. The molecule has 1 fully saturated rings. The number of fused-ring (bicyclic) bond motifs is 1. The zero-order valence-electron chi connectivity index (χ0n) is 22.9. The first kappa shape index (κ1) is 30.1. The van der Waals surface area contributed by atoms with E-state index in [1.54, 1.807) is 6.07 Å². The highest BCUT2D eigenvalue weighted by atomic mass is 16.7. The summed E-state index contributed by atoms with van der Waals surface area (Å²) in [4.78, 5) is 59.4. The number of carbonyl (C=O) groups is 4. The molecule has 16 nitrogen and oxygen atoms in total. The lowest BCUT2D eigenvalue weighted by molar-refractivity contribution is -0.315. The van der Waals surface area contributed by atoms with Crippen molar-refractivity contribution in [3.05, 3.63) is 40.9 Å². The van der Waals surface area contributed by atoms with Crippen molar-refractivity contribution in [1.29, 1.82) is 0 Å². The minimum atomic E-state index is -1.43. The molecule has 16 heteroatoms. The summed E-state index contributed by atoms with van der Waals surface area (Å²) in [6.07, 6.45) is -5.30. The molecule has 3 heterocycles. The molecular formula is C26H27N3O13. The maximum atomic E-state index is 12.1. The van der Waals surface area contributed by atoms with Crippen LogP contribution in [0.3, 0.4) is 0 Å². The Balaban J connectivity index is 1.62. The highest BCUT2D eigenvalue weighted by Gasteiger charge is 2.52. The van der Waals surface area contributed by atoms with Crippen LogP contribution in [0.4, 0.5) is 0 Å². The van der Waals surface area contributed by atoms with Gasteiger partial charge in [-0.15, -0.1) is 5.10 Å². The van der Waals surface area contributed by atoms with Gasteiger partial charge < -0.3 is 37.9 Å². The predicted octanol–water partition coefficient (Wildman–Crippen LogP) is 0.814. The number of nitrogens with zero attached hydrogens (tertiary/aromatic N) is 3. The molecule has 1 aliphatic heterocycles. The highest BCUT2D eigenvalue weighted by Crippen LogP contribution is 2.31. The number of aromatic nitrogens is 3. The summed E-state index contributed by atoms with van der Waals surface area (Å²) in [5.74, 6) is -3.07. The molecule has 5 atom stereocenters. The second-order valence-corrected chi connectivity index (χ2v) is 9.17. The molecular weight excluding hydrogens is 562 g/mol. The van der Waals surface area contributed by atoms with E-state index in [4.69, 9.17) is 32.8 Å². The number of ether oxygens (including phenoxy) is 6. The van der Waals surface area contributed by atoms with E-state index in [1.807, 2.05) is 0 Å². The minimum absolute atomic E-state index is 0.0929. The molecule has 0 amide bonds. The fourth-order valence-electron chi connectivity index (χ4n) is 4.32. The van der Waals surface area contributed by atoms with E-state index in [0.29, 0.717) is 10.9 Å². The lowest BCUT2D eigenvalue weighted by Gasteiger charge is -2.43. The number of phenols is 1. The third kappa shape index (κ3) is 7.27. The first-order valence-electron chi connectivity index (χ1n) is 12.5. The largest absolute Gasteiger partial charge is 0.508 e. The summed E-state index contributed by atoms with van der Waals surface area (Å²) >= 11 is 0. The summed E-state index contributed by atoms with van der Waals surface area (Å²) in [5.41, 5.74) is 0.107. The van der Waals surface area contributed by atoms with Crippen LogP contribution >= 0.6 is 0 Å². The maximum Gasteiger partial charge on any atom is 0.336 e. The zero-order valence-corrected chi connectivity index (χ0v) is 22.9. The van der Waals surface area contributed by atoms with Crippen molar-refractivity contribution in [2.45, 2.75) is 65.1 Å². The van der Waals surface area contributed by atoms with E-state index in [2.05, 4.69) is 10.3 Å². The Kier molecular flexibility index (Phi) is 9.17. The van der Waals surface area contributed by atoms with Gasteiger partial charge in [-0.3, -0.25) is 19.2 Å². The van der Waals surface area contributed by atoms with Crippen molar-refractivity contribution < 1.29 is 57.1 Å². The molecule has 224 valence electrons. The Morgan fingerprint density at radius 2 is 1.60 bits per heavy atom. The van der Waals surface area contributed by atoms with Gasteiger partial charge in [-0.05, 0) is 12.1 Å². The van der Waals surface area contributed by atoms with Crippen LogP contribution in [-0.4, -0.2) is 81.3 Å². The summed E-state index contributed by atoms with van der Waals surface area (Å²) in [7, 11) is 0. The fourth-order valence-corrected chi connectivity index (χ4v) is 4.32. The molecule has 1 saturated heterocycles. The van der Waals surface area contributed by atoms with Gasteiger partial charge in [0.05, 0.1) is 6.20 Å². The topological polar surface area (TPSA) is 205 Å². The molecule has 0 spiro atoms. The van der Waals surface area contributed by atoms with Gasteiger partial charge in [-0.2, -0.15) is 0 Å². The van der Waals surface area contributed by atoms with Crippen molar-refractivity contribution in [2.24, 2.45) is 0 Å². The van der Waals surface area contributed by atoms with Crippen LogP contribution < -0.4 is 5.63 Å². The van der Waals surface area contributed by atoms with Crippen LogP contribution in [0.25, 0.3) is 22.2 Å². The van der Waals surface area contributed by atoms with E-state index >= 15 is 0 Å². The van der Waals surface area contributed by atoms with E-state index in [1.165, 1.54) is 29.1 Å². The number of esters is 4. The SMILES string of the molecule is CC(=O)OC[C@H]1O[C@@H](OCn2cc(-c3cc(=O)oc4cc(O)ccc34)nn2)[C@H](OC(C)=O)[C@@H](OC(C)=O)[C@@H]1OC(C)=O. The second kappa shape index (κ2) is 12.8. The van der Waals surface area contributed by atoms with Gasteiger partial charge in [-0.1, -0.05) is 5.21 Å². The lowest BCUT2D eigenvalue weighted by atomic mass is 9.98. The van der Waals surface area contributed by atoms with Gasteiger partial charge >= 0.3 is 29.5 Å². The monoisotopic (exact) mass is 589 g/mol. The Morgan fingerprint density at radius 3 is 2.26 bits per heavy atom. The molecule has 2 aromatic heterocycles. The van der Waals surface area contributed by atoms with Gasteiger partial charge in [0.15, 0.2) is 18.3 Å². The Bertz CT molecular complexity index is 1550. The number of aromatic hydroxyl groups is 1. The number of rotatable bonds is 9. The molecule has 42 heavy (non-hydrogen) atoms. The molecule has 1 aromatic carbocycles. The van der Waals surface area contributed by atoms with Crippen LogP contribution in [0.1, 0.15) is 27.7 Å². The molecule has 0 unspecified atom stereocenters. The number of hydrogen-bond donors (Lipinski definition) is 1. The Labute approximate surface area is 237 Å². The van der Waals surface area contributed by atoms with Gasteiger partial charge in [-0.25, -0.2) is 9.48 Å². The molecule has 1 N–H and O–H groups in total. The third-order valence-corrected chi connectivity index (χ3v) is 5.86.